The number of nitrogens with one attached hydrogen (secondary N) is 1. The summed E-state index contributed by atoms with van der Waals surface area (Å²) in [5.41, 5.74) is 0.0957. The minimum Gasteiger partial charge on any atom is -0.455 e. The first-order chi connectivity index (χ1) is 12.9. The van der Waals surface area contributed by atoms with Crippen LogP contribution >= 0.6 is 0 Å². The summed E-state index contributed by atoms with van der Waals surface area (Å²) in [6.07, 6.45) is 1.51. The Balaban J connectivity index is 1.75. The molecule has 0 saturated carbocycles. The summed E-state index contributed by atoms with van der Waals surface area (Å²) in [5.74, 6) is 1.11. The number of carbonyl (C=O) groups is 2. The molecule has 5 nitrogen and oxygen atoms in total. The van der Waals surface area contributed by atoms with E-state index in [1.54, 1.807) is 11.0 Å². The monoisotopic (exact) mass is 366 g/mol. The molecular formula is C22H26N2O3. The largest absolute Gasteiger partial charge is 0.455 e. The number of carbonyl (C=O) groups excluding carboxylic acids is 2. The van der Waals surface area contributed by atoms with Gasteiger partial charge in [-0.05, 0) is 37.1 Å². The van der Waals surface area contributed by atoms with Gasteiger partial charge in [0.25, 0.3) is 0 Å². The number of rotatable bonds is 4. The summed E-state index contributed by atoms with van der Waals surface area (Å²) < 4.78 is 5.91. The maximum atomic E-state index is 12.9. The fourth-order valence-electron chi connectivity index (χ4n) is 3.20. The van der Waals surface area contributed by atoms with Crippen LogP contribution in [0.1, 0.15) is 33.6 Å². The van der Waals surface area contributed by atoms with E-state index in [0.717, 1.165) is 6.42 Å². The Bertz CT molecular complexity index is 812. The fourth-order valence-corrected chi connectivity index (χ4v) is 3.20. The first-order valence-corrected chi connectivity index (χ1v) is 9.30. The van der Waals surface area contributed by atoms with Crippen LogP contribution in [-0.4, -0.2) is 29.3 Å². The highest BCUT2D eigenvalue weighted by atomic mass is 16.5. The average molecular weight is 366 g/mol. The van der Waals surface area contributed by atoms with E-state index >= 15 is 0 Å². The maximum Gasteiger partial charge on any atom is 0.247 e. The molecule has 27 heavy (non-hydrogen) atoms. The molecule has 0 bridgehead atoms. The van der Waals surface area contributed by atoms with Gasteiger partial charge >= 0.3 is 0 Å². The van der Waals surface area contributed by atoms with Crippen LogP contribution in [0.4, 0.5) is 5.69 Å². The van der Waals surface area contributed by atoms with Crippen LogP contribution in [0.2, 0.25) is 0 Å². The van der Waals surface area contributed by atoms with Crippen LogP contribution in [-0.2, 0) is 9.59 Å². The normalized spacial score (nSPS) is 16.9. The van der Waals surface area contributed by atoms with Gasteiger partial charge in [-0.25, -0.2) is 0 Å². The molecular weight excluding hydrogens is 340 g/mol. The van der Waals surface area contributed by atoms with Gasteiger partial charge in [-0.1, -0.05) is 51.1 Å². The van der Waals surface area contributed by atoms with Crippen LogP contribution in [0.5, 0.6) is 11.5 Å². The van der Waals surface area contributed by atoms with E-state index in [-0.39, 0.29) is 11.8 Å². The van der Waals surface area contributed by atoms with E-state index in [9.17, 15) is 9.59 Å². The molecule has 1 fully saturated rings. The quantitative estimate of drug-likeness (QED) is 0.869. The molecule has 142 valence electrons. The third-order valence-electron chi connectivity index (χ3n) is 4.57. The summed E-state index contributed by atoms with van der Waals surface area (Å²) in [6, 6.07) is 16.3. The summed E-state index contributed by atoms with van der Waals surface area (Å²) in [4.78, 5) is 27.3. The topological polar surface area (TPSA) is 58.6 Å². The van der Waals surface area contributed by atoms with Crippen molar-refractivity contribution in [3.63, 3.8) is 0 Å². The molecule has 0 radical (unpaired) electrons. The van der Waals surface area contributed by atoms with Crippen LogP contribution < -0.4 is 10.1 Å². The maximum absolute atomic E-state index is 12.9. The van der Waals surface area contributed by atoms with Crippen LogP contribution in [0.3, 0.4) is 0 Å². The minimum atomic E-state index is -0.503. The van der Waals surface area contributed by atoms with Crippen LogP contribution in [0.15, 0.2) is 54.6 Å². The summed E-state index contributed by atoms with van der Waals surface area (Å²) in [5, 5.41) is 2.95. The molecule has 0 spiro atoms. The van der Waals surface area contributed by atoms with Gasteiger partial charge in [-0.3, -0.25) is 9.59 Å². The fraction of sp³-hybridized carbons (Fsp3) is 0.364. The van der Waals surface area contributed by atoms with Crippen LogP contribution in [0, 0.1) is 5.41 Å². The van der Waals surface area contributed by atoms with E-state index < -0.39 is 11.5 Å². The average Bonchev–Trinajstić information content (AvgIpc) is 3.12. The Morgan fingerprint density at radius 3 is 2.41 bits per heavy atom. The van der Waals surface area contributed by atoms with Gasteiger partial charge in [0, 0.05) is 12.0 Å². The van der Waals surface area contributed by atoms with Crippen LogP contribution in [0.25, 0.3) is 0 Å². The molecule has 2 aromatic rings. The first-order valence-electron chi connectivity index (χ1n) is 9.30. The summed E-state index contributed by atoms with van der Waals surface area (Å²) in [7, 11) is 0. The number of hydrogen-bond acceptors (Lipinski definition) is 3. The first kappa shape index (κ1) is 19.0. The van der Waals surface area contributed by atoms with Gasteiger partial charge in [0.15, 0.2) is 5.75 Å². The number of ether oxygens (including phenoxy) is 1. The second-order valence-corrected chi connectivity index (χ2v) is 7.81. The molecule has 2 aromatic carbocycles. The minimum absolute atomic E-state index is 0.00831. The number of amides is 2. The third-order valence-corrected chi connectivity index (χ3v) is 4.57. The van der Waals surface area contributed by atoms with Crippen molar-refractivity contribution >= 4 is 17.5 Å². The molecule has 1 aliphatic rings. The molecule has 2 amide bonds. The standard InChI is InChI=1S/C22H26N2O3/c1-22(2,3)21(26)24-15-9-13-18(24)20(25)23-17-12-7-8-14-19(17)27-16-10-5-4-6-11-16/h4-8,10-12,14,18H,9,13,15H2,1-3H3,(H,23,25). The summed E-state index contributed by atoms with van der Waals surface area (Å²) >= 11 is 0. The zero-order valence-electron chi connectivity index (χ0n) is 16.1. The van der Waals surface area contributed by atoms with E-state index in [1.807, 2.05) is 69.3 Å². The van der Waals surface area contributed by atoms with Gasteiger partial charge in [0.05, 0.1) is 5.69 Å². The second kappa shape index (κ2) is 7.82. The molecule has 1 aliphatic heterocycles. The summed E-state index contributed by atoms with van der Waals surface area (Å²) in [6.45, 7) is 6.26. The Morgan fingerprint density at radius 1 is 1.04 bits per heavy atom. The SMILES string of the molecule is CC(C)(C)C(=O)N1CCCC1C(=O)Nc1ccccc1Oc1ccccc1. The highest BCUT2D eigenvalue weighted by Crippen LogP contribution is 2.31. The van der Waals surface area contributed by atoms with Crippen molar-refractivity contribution in [2.24, 2.45) is 5.41 Å². The van der Waals surface area contributed by atoms with Gasteiger partial charge < -0.3 is 15.0 Å². The Kier molecular flexibility index (Phi) is 5.49. The van der Waals surface area contributed by atoms with Crippen molar-refractivity contribution in [2.75, 3.05) is 11.9 Å². The zero-order chi connectivity index (χ0) is 19.4. The molecule has 0 aliphatic carbocycles. The lowest BCUT2D eigenvalue weighted by atomic mass is 9.94. The lowest BCUT2D eigenvalue weighted by Gasteiger charge is -2.30. The van der Waals surface area contributed by atoms with Crippen molar-refractivity contribution in [1.29, 1.82) is 0 Å². The van der Waals surface area contributed by atoms with E-state index in [0.29, 0.717) is 30.2 Å². The highest BCUT2D eigenvalue weighted by Gasteiger charge is 2.38. The number of nitrogens with zero attached hydrogens (tertiary/aromatic N) is 1. The van der Waals surface area contributed by atoms with E-state index in [1.165, 1.54) is 0 Å². The van der Waals surface area contributed by atoms with Gasteiger partial charge in [0.2, 0.25) is 11.8 Å². The van der Waals surface area contributed by atoms with Gasteiger partial charge in [-0.2, -0.15) is 0 Å². The smallest absolute Gasteiger partial charge is 0.247 e. The van der Waals surface area contributed by atoms with Crippen molar-refractivity contribution < 1.29 is 14.3 Å². The van der Waals surface area contributed by atoms with Crippen molar-refractivity contribution in [1.82, 2.24) is 4.90 Å². The molecule has 1 saturated heterocycles. The lowest BCUT2D eigenvalue weighted by molar-refractivity contribution is -0.143. The number of benzene rings is 2. The molecule has 1 atom stereocenters. The Hall–Kier alpha value is -2.82. The molecule has 1 unspecified atom stereocenters. The number of hydrogen-bond donors (Lipinski definition) is 1. The molecule has 3 rings (SSSR count). The molecule has 1 heterocycles. The number of anilines is 1. The van der Waals surface area contributed by atoms with Crippen molar-refractivity contribution in [2.45, 2.75) is 39.7 Å². The number of likely N-dealkylation sites (tertiary alicyclic amines) is 1. The van der Waals surface area contributed by atoms with E-state index in [4.69, 9.17) is 4.74 Å². The molecule has 0 aromatic heterocycles. The van der Waals surface area contributed by atoms with Crippen molar-refractivity contribution in [3.8, 4) is 11.5 Å². The van der Waals surface area contributed by atoms with E-state index in [2.05, 4.69) is 5.32 Å². The van der Waals surface area contributed by atoms with Crippen molar-refractivity contribution in [3.05, 3.63) is 54.6 Å². The molecule has 5 heteroatoms. The zero-order valence-corrected chi connectivity index (χ0v) is 16.1. The Morgan fingerprint density at radius 2 is 1.70 bits per heavy atom. The third kappa shape index (κ3) is 4.48. The predicted octanol–water partition coefficient (Wildman–Crippen LogP) is 4.45. The lowest BCUT2D eigenvalue weighted by Crippen LogP contribution is -2.47. The van der Waals surface area contributed by atoms with Gasteiger partial charge in [0.1, 0.15) is 11.8 Å². The number of para-hydroxylation sites is 3. The molecule has 1 N–H and O–H groups in total. The highest BCUT2D eigenvalue weighted by molar-refractivity contribution is 5.99. The second-order valence-electron chi connectivity index (χ2n) is 7.81. The predicted molar refractivity (Wildman–Crippen MR) is 106 cm³/mol. The van der Waals surface area contributed by atoms with Gasteiger partial charge in [-0.15, -0.1) is 0 Å². The Labute approximate surface area is 160 Å².